The number of hydrogen-bond donors (Lipinski definition) is 1. The van der Waals surface area contributed by atoms with Gasteiger partial charge in [-0.15, -0.1) is 0 Å². The molecule has 1 aliphatic rings. The van der Waals surface area contributed by atoms with Crippen molar-refractivity contribution in [3.05, 3.63) is 18.1 Å². The fourth-order valence-electron chi connectivity index (χ4n) is 2.05. The molecule has 1 aromatic rings. The van der Waals surface area contributed by atoms with E-state index in [-0.39, 0.29) is 5.69 Å². The number of anilines is 1. The Morgan fingerprint density at radius 2 is 2.22 bits per heavy atom. The quantitative estimate of drug-likeness (QED) is 0.861. The van der Waals surface area contributed by atoms with Crippen molar-refractivity contribution in [2.45, 2.75) is 12.8 Å². The van der Waals surface area contributed by atoms with Crippen LogP contribution in [0.3, 0.4) is 0 Å². The van der Waals surface area contributed by atoms with Gasteiger partial charge in [0.05, 0.1) is 12.4 Å². The number of aromatic carboxylic acids is 1. The number of ether oxygens (including phenoxy) is 1. The number of hydrogen-bond acceptors (Lipinski definition) is 5. The zero-order valence-electron chi connectivity index (χ0n) is 10.4. The highest BCUT2D eigenvalue weighted by atomic mass is 16.5. The fraction of sp³-hybridized carbons (Fsp3) is 0.583. The SMILES string of the molecule is CN(CC1CCOCC1)c1cncc(C(=O)O)n1. The number of carboxylic acids is 1. The molecule has 0 amide bonds. The van der Waals surface area contributed by atoms with Crippen LogP contribution in [0.4, 0.5) is 5.82 Å². The van der Waals surface area contributed by atoms with Crippen LogP contribution < -0.4 is 4.90 Å². The molecule has 98 valence electrons. The lowest BCUT2D eigenvalue weighted by Crippen LogP contribution is -2.30. The minimum absolute atomic E-state index is 0.0219. The molecule has 2 rings (SSSR count). The van der Waals surface area contributed by atoms with Gasteiger partial charge in [-0.1, -0.05) is 0 Å². The number of aromatic nitrogens is 2. The van der Waals surface area contributed by atoms with Gasteiger partial charge in [0.1, 0.15) is 5.82 Å². The summed E-state index contributed by atoms with van der Waals surface area (Å²) in [7, 11) is 1.91. The molecule has 1 fully saturated rings. The summed E-state index contributed by atoms with van der Waals surface area (Å²) in [6.45, 7) is 2.46. The van der Waals surface area contributed by atoms with Crippen LogP contribution in [0.2, 0.25) is 0 Å². The van der Waals surface area contributed by atoms with E-state index in [0.717, 1.165) is 32.6 Å². The van der Waals surface area contributed by atoms with Gasteiger partial charge < -0.3 is 14.7 Å². The van der Waals surface area contributed by atoms with Gasteiger partial charge in [0.25, 0.3) is 0 Å². The van der Waals surface area contributed by atoms with Crippen molar-refractivity contribution in [1.29, 1.82) is 0 Å². The predicted molar refractivity (Wildman–Crippen MR) is 65.8 cm³/mol. The first-order valence-corrected chi connectivity index (χ1v) is 6.01. The molecular formula is C12H17N3O3. The van der Waals surface area contributed by atoms with Crippen molar-refractivity contribution in [1.82, 2.24) is 9.97 Å². The number of carboxylic acid groups (broad SMARTS) is 1. The van der Waals surface area contributed by atoms with Crippen LogP contribution in [-0.2, 0) is 4.74 Å². The third-order valence-electron chi connectivity index (χ3n) is 3.10. The summed E-state index contributed by atoms with van der Waals surface area (Å²) in [6, 6.07) is 0. The lowest BCUT2D eigenvalue weighted by Gasteiger charge is -2.27. The Morgan fingerprint density at radius 1 is 1.50 bits per heavy atom. The highest BCUT2D eigenvalue weighted by molar-refractivity contribution is 5.85. The molecule has 0 aromatic carbocycles. The zero-order valence-corrected chi connectivity index (χ0v) is 10.4. The van der Waals surface area contributed by atoms with Gasteiger partial charge in [0.15, 0.2) is 5.69 Å². The van der Waals surface area contributed by atoms with Gasteiger partial charge in [-0.2, -0.15) is 0 Å². The maximum absolute atomic E-state index is 10.8. The first kappa shape index (κ1) is 12.8. The summed E-state index contributed by atoms with van der Waals surface area (Å²) in [5.41, 5.74) is -0.0219. The standard InChI is InChI=1S/C12H17N3O3/c1-15(8-9-2-4-18-5-3-9)11-7-13-6-10(14-11)12(16)17/h6-7,9H,2-5,8H2,1H3,(H,16,17). The molecule has 6 heteroatoms. The second-order valence-electron chi connectivity index (χ2n) is 4.50. The first-order chi connectivity index (χ1) is 8.66. The molecule has 0 spiro atoms. The maximum Gasteiger partial charge on any atom is 0.356 e. The van der Waals surface area contributed by atoms with Crippen molar-refractivity contribution in [3.63, 3.8) is 0 Å². The molecule has 1 N–H and O–H groups in total. The van der Waals surface area contributed by atoms with Gasteiger partial charge in [0, 0.05) is 26.8 Å². The van der Waals surface area contributed by atoms with Crippen LogP contribution in [-0.4, -0.2) is 47.8 Å². The summed E-state index contributed by atoms with van der Waals surface area (Å²) in [5, 5.41) is 8.87. The monoisotopic (exact) mass is 251 g/mol. The second-order valence-corrected chi connectivity index (χ2v) is 4.50. The van der Waals surface area contributed by atoms with Crippen LogP contribution in [0.5, 0.6) is 0 Å². The Hall–Kier alpha value is -1.69. The zero-order chi connectivity index (χ0) is 13.0. The van der Waals surface area contributed by atoms with Crippen molar-refractivity contribution in [2.75, 3.05) is 31.7 Å². The van der Waals surface area contributed by atoms with E-state index in [1.54, 1.807) is 6.20 Å². The van der Waals surface area contributed by atoms with E-state index in [9.17, 15) is 4.79 Å². The third kappa shape index (κ3) is 3.16. The minimum atomic E-state index is -1.05. The van der Waals surface area contributed by atoms with Gasteiger partial charge in [0.2, 0.25) is 0 Å². The molecule has 0 aliphatic carbocycles. The number of carbonyl (C=O) groups is 1. The Labute approximate surface area is 106 Å². The second kappa shape index (κ2) is 5.77. The lowest BCUT2D eigenvalue weighted by molar-refractivity contribution is 0.0685. The van der Waals surface area contributed by atoms with E-state index < -0.39 is 5.97 Å². The largest absolute Gasteiger partial charge is 0.476 e. The number of rotatable bonds is 4. The highest BCUT2D eigenvalue weighted by Crippen LogP contribution is 2.18. The summed E-state index contributed by atoms with van der Waals surface area (Å²) in [5.74, 6) is 0.115. The third-order valence-corrected chi connectivity index (χ3v) is 3.10. The average molecular weight is 251 g/mol. The molecule has 1 saturated heterocycles. The molecule has 2 heterocycles. The molecule has 18 heavy (non-hydrogen) atoms. The van der Waals surface area contributed by atoms with Gasteiger partial charge in [-0.25, -0.2) is 9.78 Å². The Morgan fingerprint density at radius 3 is 2.89 bits per heavy atom. The van der Waals surface area contributed by atoms with Crippen LogP contribution in [0, 0.1) is 5.92 Å². The average Bonchev–Trinajstić information content (AvgIpc) is 2.40. The van der Waals surface area contributed by atoms with Gasteiger partial charge in [-0.05, 0) is 18.8 Å². The minimum Gasteiger partial charge on any atom is -0.476 e. The van der Waals surface area contributed by atoms with Crippen LogP contribution in [0.25, 0.3) is 0 Å². The van der Waals surface area contributed by atoms with Crippen molar-refractivity contribution >= 4 is 11.8 Å². The molecule has 0 saturated carbocycles. The van der Waals surface area contributed by atoms with Crippen LogP contribution >= 0.6 is 0 Å². The summed E-state index contributed by atoms with van der Waals surface area (Å²) in [4.78, 5) is 20.8. The van der Waals surface area contributed by atoms with Gasteiger partial charge >= 0.3 is 5.97 Å². The molecule has 1 aromatic heterocycles. The Kier molecular flexibility index (Phi) is 4.09. The topological polar surface area (TPSA) is 75.5 Å². The van der Waals surface area contributed by atoms with E-state index in [1.165, 1.54) is 6.20 Å². The van der Waals surface area contributed by atoms with E-state index in [1.807, 2.05) is 11.9 Å². The smallest absolute Gasteiger partial charge is 0.356 e. The highest BCUT2D eigenvalue weighted by Gasteiger charge is 2.17. The Balaban J connectivity index is 2.01. The number of nitrogens with zero attached hydrogens (tertiary/aromatic N) is 3. The van der Waals surface area contributed by atoms with E-state index >= 15 is 0 Å². The molecule has 0 atom stereocenters. The van der Waals surface area contributed by atoms with Crippen molar-refractivity contribution < 1.29 is 14.6 Å². The van der Waals surface area contributed by atoms with E-state index in [0.29, 0.717) is 11.7 Å². The lowest BCUT2D eigenvalue weighted by atomic mass is 10.00. The van der Waals surface area contributed by atoms with Crippen LogP contribution in [0.1, 0.15) is 23.3 Å². The Bertz CT molecular complexity index is 419. The van der Waals surface area contributed by atoms with Crippen molar-refractivity contribution in [2.24, 2.45) is 5.92 Å². The summed E-state index contributed by atoms with van der Waals surface area (Å²) in [6.07, 6.45) is 4.92. The van der Waals surface area contributed by atoms with E-state index in [4.69, 9.17) is 9.84 Å². The maximum atomic E-state index is 10.8. The normalized spacial score (nSPS) is 16.5. The molecule has 0 unspecified atom stereocenters. The molecule has 0 radical (unpaired) electrons. The molecular weight excluding hydrogens is 234 g/mol. The molecule has 0 bridgehead atoms. The van der Waals surface area contributed by atoms with Crippen molar-refractivity contribution in [3.8, 4) is 0 Å². The summed E-state index contributed by atoms with van der Waals surface area (Å²) >= 11 is 0. The van der Waals surface area contributed by atoms with E-state index in [2.05, 4.69) is 9.97 Å². The fourth-order valence-corrected chi connectivity index (χ4v) is 2.05. The van der Waals surface area contributed by atoms with Crippen LogP contribution in [0.15, 0.2) is 12.4 Å². The summed E-state index contributed by atoms with van der Waals surface area (Å²) < 4.78 is 5.31. The molecule has 1 aliphatic heterocycles. The predicted octanol–water partition coefficient (Wildman–Crippen LogP) is 1.04. The first-order valence-electron chi connectivity index (χ1n) is 6.01. The molecule has 6 nitrogen and oxygen atoms in total. The van der Waals surface area contributed by atoms with Gasteiger partial charge in [-0.3, -0.25) is 4.98 Å².